The molecule has 132 valence electrons. The average molecular weight is 333 g/mol. The van der Waals surface area contributed by atoms with Crippen LogP contribution in [0.3, 0.4) is 0 Å². The zero-order valence-corrected chi connectivity index (χ0v) is 15.2. The molecule has 1 aromatic carbocycles. The predicted molar refractivity (Wildman–Crippen MR) is 94.7 cm³/mol. The van der Waals surface area contributed by atoms with Gasteiger partial charge < -0.3 is 19.1 Å². The second kappa shape index (κ2) is 8.08. The number of benzene rings is 1. The first-order valence-electron chi connectivity index (χ1n) is 8.25. The van der Waals surface area contributed by atoms with Crippen molar-refractivity contribution in [3.05, 3.63) is 23.8 Å². The smallest absolute Gasteiger partial charge is 0.246 e. The summed E-state index contributed by atoms with van der Waals surface area (Å²) in [6, 6.07) is 3.65. The molecular formula is C19H27NO4. The van der Waals surface area contributed by atoms with E-state index in [-0.39, 0.29) is 5.91 Å². The number of likely N-dealkylation sites (tertiary alicyclic amines) is 1. The van der Waals surface area contributed by atoms with E-state index in [0.717, 1.165) is 18.7 Å². The van der Waals surface area contributed by atoms with Gasteiger partial charge in [0.2, 0.25) is 11.7 Å². The molecule has 0 aromatic heterocycles. The van der Waals surface area contributed by atoms with E-state index in [1.165, 1.54) is 6.42 Å². The van der Waals surface area contributed by atoms with Gasteiger partial charge in [-0.1, -0.05) is 13.8 Å². The molecule has 1 aliphatic heterocycles. The number of amides is 1. The Balaban J connectivity index is 2.17. The summed E-state index contributed by atoms with van der Waals surface area (Å²) < 4.78 is 16.0. The first-order valence-corrected chi connectivity index (χ1v) is 8.25. The van der Waals surface area contributed by atoms with E-state index >= 15 is 0 Å². The van der Waals surface area contributed by atoms with Crippen molar-refractivity contribution in [3.8, 4) is 17.2 Å². The third-order valence-electron chi connectivity index (χ3n) is 4.29. The Bertz CT molecular complexity index is 576. The fourth-order valence-electron chi connectivity index (χ4n) is 3.31. The normalized spacial score (nSPS) is 21.0. The van der Waals surface area contributed by atoms with Gasteiger partial charge in [0.1, 0.15) is 0 Å². The van der Waals surface area contributed by atoms with Crippen molar-refractivity contribution in [1.29, 1.82) is 0 Å². The molecule has 0 saturated carbocycles. The Morgan fingerprint density at radius 3 is 2.04 bits per heavy atom. The van der Waals surface area contributed by atoms with Crippen LogP contribution in [0, 0.1) is 11.8 Å². The standard InChI is InChI=1S/C19H27NO4/c1-13-8-14(2)12-20(11-13)18(21)7-6-15-9-16(22-3)19(24-5)17(10-15)23-4/h6-7,9-10,13-14H,8,11-12H2,1-5H3. The first kappa shape index (κ1) is 18.2. The fraction of sp³-hybridized carbons (Fsp3) is 0.526. The van der Waals surface area contributed by atoms with Gasteiger partial charge in [0.05, 0.1) is 21.3 Å². The van der Waals surface area contributed by atoms with Crippen molar-refractivity contribution in [2.24, 2.45) is 11.8 Å². The van der Waals surface area contributed by atoms with Crippen LogP contribution in [0.25, 0.3) is 6.08 Å². The summed E-state index contributed by atoms with van der Waals surface area (Å²) in [5, 5.41) is 0. The summed E-state index contributed by atoms with van der Waals surface area (Å²) in [5.74, 6) is 2.83. The third-order valence-corrected chi connectivity index (χ3v) is 4.29. The number of ether oxygens (including phenoxy) is 3. The molecule has 5 nitrogen and oxygen atoms in total. The van der Waals surface area contributed by atoms with Crippen LogP contribution in [-0.4, -0.2) is 45.2 Å². The molecule has 2 rings (SSSR count). The van der Waals surface area contributed by atoms with Crippen LogP contribution in [0.5, 0.6) is 17.2 Å². The van der Waals surface area contributed by atoms with E-state index in [9.17, 15) is 4.79 Å². The molecule has 2 atom stereocenters. The SMILES string of the molecule is COc1cc(C=CC(=O)N2CC(C)CC(C)C2)cc(OC)c1OC. The molecule has 1 saturated heterocycles. The minimum Gasteiger partial charge on any atom is -0.493 e. The van der Waals surface area contributed by atoms with Gasteiger partial charge in [0.15, 0.2) is 11.5 Å². The number of carbonyl (C=O) groups is 1. The molecular weight excluding hydrogens is 306 g/mol. The van der Waals surface area contributed by atoms with Crippen LogP contribution in [-0.2, 0) is 4.79 Å². The minimum absolute atomic E-state index is 0.0437. The summed E-state index contributed by atoms with van der Waals surface area (Å²) in [6.07, 6.45) is 4.59. The Hall–Kier alpha value is -2.17. The number of rotatable bonds is 5. The maximum absolute atomic E-state index is 12.4. The van der Waals surface area contributed by atoms with Crippen molar-refractivity contribution >= 4 is 12.0 Å². The topological polar surface area (TPSA) is 48.0 Å². The molecule has 0 radical (unpaired) electrons. The fourth-order valence-corrected chi connectivity index (χ4v) is 3.31. The molecule has 1 aliphatic rings. The molecule has 1 amide bonds. The van der Waals surface area contributed by atoms with E-state index in [1.807, 2.05) is 17.0 Å². The van der Waals surface area contributed by atoms with Gasteiger partial charge in [-0.05, 0) is 42.0 Å². The number of piperidine rings is 1. The number of carbonyl (C=O) groups excluding carboxylic acids is 1. The number of methoxy groups -OCH3 is 3. The third kappa shape index (κ3) is 4.22. The second-order valence-electron chi connectivity index (χ2n) is 6.48. The number of nitrogens with zero attached hydrogens (tertiary/aromatic N) is 1. The van der Waals surface area contributed by atoms with Crippen molar-refractivity contribution in [2.45, 2.75) is 20.3 Å². The molecule has 1 aromatic rings. The van der Waals surface area contributed by atoms with Crippen LogP contribution in [0.4, 0.5) is 0 Å². The summed E-state index contributed by atoms with van der Waals surface area (Å²) in [7, 11) is 4.72. The maximum Gasteiger partial charge on any atom is 0.246 e. The first-order chi connectivity index (χ1) is 11.5. The molecule has 0 spiro atoms. The van der Waals surface area contributed by atoms with E-state index in [4.69, 9.17) is 14.2 Å². The lowest BCUT2D eigenvalue weighted by Gasteiger charge is -2.34. The van der Waals surface area contributed by atoms with Crippen LogP contribution < -0.4 is 14.2 Å². The number of hydrogen-bond acceptors (Lipinski definition) is 4. The molecule has 0 bridgehead atoms. The Kier molecular flexibility index (Phi) is 6.12. The largest absolute Gasteiger partial charge is 0.493 e. The van der Waals surface area contributed by atoms with E-state index in [0.29, 0.717) is 29.1 Å². The minimum atomic E-state index is 0.0437. The van der Waals surface area contributed by atoms with E-state index in [2.05, 4.69) is 13.8 Å². The quantitative estimate of drug-likeness (QED) is 0.776. The van der Waals surface area contributed by atoms with Gasteiger partial charge in [-0.15, -0.1) is 0 Å². The van der Waals surface area contributed by atoms with Crippen molar-refractivity contribution < 1.29 is 19.0 Å². The molecule has 5 heteroatoms. The molecule has 0 aliphatic carbocycles. The highest BCUT2D eigenvalue weighted by molar-refractivity contribution is 5.92. The summed E-state index contributed by atoms with van der Waals surface area (Å²) in [4.78, 5) is 14.4. The highest BCUT2D eigenvalue weighted by Gasteiger charge is 2.24. The van der Waals surface area contributed by atoms with Gasteiger partial charge >= 0.3 is 0 Å². The lowest BCUT2D eigenvalue weighted by atomic mass is 9.92. The molecule has 1 fully saturated rings. The average Bonchev–Trinajstić information content (AvgIpc) is 2.57. The van der Waals surface area contributed by atoms with Crippen molar-refractivity contribution in [1.82, 2.24) is 4.90 Å². The zero-order chi connectivity index (χ0) is 17.7. The van der Waals surface area contributed by atoms with Crippen LogP contribution in [0.15, 0.2) is 18.2 Å². The summed E-state index contributed by atoms with van der Waals surface area (Å²) in [6.45, 7) is 6.03. The molecule has 0 N–H and O–H groups in total. The molecule has 2 unspecified atom stereocenters. The second-order valence-corrected chi connectivity index (χ2v) is 6.48. The van der Waals surface area contributed by atoms with Gasteiger partial charge in [-0.2, -0.15) is 0 Å². The molecule has 24 heavy (non-hydrogen) atoms. The monoisotopic (exact) mass is 333 g/mol. The van der Waals surface area contributed by atoms with Crippen LogP contribution in [0.2, 0.25) is 0 Å². The van der Waals surface area contributed by atoms with Gasteiger partial charge in [0.25, 0.3) is 0 Å². The van der Waals surface area contributed by atoms with E-state index in [1.54, 1.807) is 33.5 Å². The lowest BCUT2D eigenvalue weighted by Crippen LogP contribution is -2.41. The van der Waals surface area contributed by atoms with Crippen molar-refractivity contribution in [2.75, 3.05) is 34.4 Å². The summed E-state index contributed by atoms with van der Waals surface area (Å²) in [5.41, 5.74) is 0.830. The van der Waals surface area contributed by atoms with Crippen molar-refractivity contribution in [3.63, 3.8) is 0 Å². The predicted octanol–water partition coefficient (Wildman–Crippen LogP) is 3.23. The van der Waals surface area contributed by atoms with Crippen LogP contribution >= 0.6 is 0 Å². The zero-order valence-electron chi connectivity index (χ0n) is 15.2. The highest BCUT2D eigenvalue weighted by atomic mass is 16.5. The Morgan fingerprint density at radius 1 is 1.04 bits per heavy atom. The van der Waals surface area contributed by atoms with Gasteiger partial charge in [-0.3, -0.25) is 4.79 Å². The Morgan fingerprint density at radius 2 is 1.58 bits per heavy atom. The summed E-state index contributed by atoms with van der Waals surface area (Å²) >= 11 is 0. The molecule has 1 heterocycles. The lowest BCUT2D eigenvalue weighted by molar-refractivity contribution is -0.128. The van der Waals surface area contributed by atoms with Crippen LogP contribution in [0.1, 0.15) is 25.8 Å². The van der Waals surface area contributed by atoms with Gasteiger partial charge in [0, 0.05) is 19.2 Å². The van der Waals surface area contributed by atoms with E-state index < -0.39 is 0 Å². The number of hydrogen-bond donors (Lipinski definition) is 0. The highest BCUT2D eigenvalue weighted by Crippen LogP contribution is 2.38. The maximum atomic E-state index is 12.4. The Labute approximate surface area is 144 Å². The van der Waals surface area contributed by atoms with Gasteiger partial charge in [-0.25, -0.2) is 0 Å².